The van der Waals surface area contributed by atoms with E-state index in [0.29, 0.717) is 18.1 Å². The molecule has 6 heteroatoms. The van der Waals surface area contributed by atoms with Crippen LogP contribution in [0.15, 0.2) is 60.9 Å². The number of rotatable bonds is 6. The molecule has 0 bridgehead atoms. The van der Waals surface area contributed by atoms with E-state index in [-0.39, 0.29) is 12.0 Å². The van der Waals surface area contributed by atoms with Crippen LogP contribution >= 0.6 is 0 Å². The highest BCUT2D eigenvalue weighted by atomic mass is 16.5. The number of carbonyl (C=O) groups excluding carboxylic acids is 1. The predicted octanol–water partition coefficient (Wildman–Crippen LogP) is 4.10. The molecular weight excluding hydrogens is 364 g/mol. The van der Waals surface area contributed by atoms with Crippen molar-refractivity contribution < 1.29 is 9.53 Å². The quantitative estimate of drug-likeness (QED) is 0.665. The highest BCUT2D eigenvalue weighted by Crippen LogP contribution is 2.20. The summed E-state index contributed by atoms with van der Waals surface area (Å²) in [7, 11) is 0. The van der Waals surface area contributed by atoms with Gasteiger partial charge >= 0.3 is 0 Å². The molecule has 0 spiro atoms. The Kier molecular flexibility index (Phi) is 5.81. The summed E-state index contributed by atoms with van der Waals surface area (Å²) in [5.41, 5.74) is 4.60. The molecule has 1 atom stereocenters. The molecule has 1 fully saturated rings. The minimum absolute atomic E-state index is 0.111. The fraction of sp³-hybridized carbons (Fsp3) is 0.261. The Labute approximate surface area is 170 Å². The summed E-state index contributed by atoms with van der Waals surface area (Å²) in [6, 6.07) is 15.5. The lowest BCUT2D eigenvalue weighted by Crippen LogP contribution is -2.31. The summed E-state index contributed by atoms with van der Waals surface area (Å²) in [5, 5.41) is 6.10. The summed E-state index contributed by atoms with van der Waals surface area (Å²) in [4.78, 5) is 21.2. The number of aryl methyl sites for hydroxylation is 1. The van der Waals surface area contributed by atoms with Crippen LogP contribution in [0.25, 0.3) is 11.1 Å². The zero-order valence-electron chi connectivity index (χ0n) is 16.4. The molecule has 148 valence electrons. The molecule has 6 nitrogen and oxygen atoms in total. The van der Waals surface area contributed by atoms with Crippen LogP contribution in [0, 0.1) is 6.92 Å². The third kappa shape index (κ3) is 4.97. The first-order valence-electron chi connectivity index (χ1n) is 9.83. The van der Waals surface area contributed by atoms with Gasteiger partial charge in [-0.2, -0.15) is 0 Å². The van der Waals surface area contributed by atoms with Gasteiger partial charge in [-0.05, 0) is 43.5 Å². The van der Waals surface area contributed by atoms with E-state index in [9.17, 15) is 4.79 Å². The maximum absolute atomic E-state index is 12.4. The Morgan fingerprint density at radius 1 is 1.10 bits per heavy atom. The lowest BCUT2D eigenvalue weighted by Gasteiger charge is -2.11. The molecule has 2 N–H and O–H groups in total. The Hall–Kier alpha value is -3.25. The van der Waals surface area contributed by atoms with E-state index in [4.69, 9.17) is 4.74 Å². The van der Waals surface area contributed by atoms with E-state index in [1.54, 1.807) is 24.5 Å². The molecule has 1 aromatic heterocycles. The van der Waals surface area contributed by atoms with Gasteiger partial charge in [-0.25, -0.2) is 9.97 Å². The fourth-order valence-corrected chi connectivity index (χ4v) is 3.27. The molecule has 1 aliphatic rings. The normalized spacial score (nSPS) is 15.8. The highest BCUT2D eigenvalue weighted by Gasteiger charge is 2.16. The van der Waals surface area contributed by atoms with Crippen molar-refractivity contribution >= 4 is 17.5 Å². The molecule has 3 aromatic rings. The van der Waals surface area contributed by atoms with Crippen molar-refractivity contribution in [2.75, 3.05) is 18.5 Å². The first-order valence-corrected chi connectivity index (χ1v) is 9.83. The summed E-state index contributed by atoms with van der Waals surface area (Å²) in [6.07, 6.45) is 5.76. The lowest BCUT2D eigenvalue weighted by atomic mass is 10.1. The van der Waals surface area contributed by atoms with Crippen LogP contribution in [0.3, 0.4) is 0 Å². The number of anilines is 2. The van der Waals surface area contributed by atoms with E-state index in [1.807, 2.05) is 12.1 Å². The molecule has 0 saturated carbocycles. The molecule has 4 rings (SSSR count). The van der Waals surface area contributed by atoms with Crippen LogP contribution in [0.5, 0.6) is 0 Å². The number of benzene rings is 2. The Morgan fingerprint density at radius 2 is 1.90 bits per heavy atom. The Bertz CT molecular complexity index is 965. The van der Waals surface area contributed by atoms with Gasteiger partial charge in [0.1, 0.15) is 0 Å². The maximum atomic E-state index is 12.4. The monoisotopic (exact) mass is 388 g/mol. The first-order chi connectivity index (χ1) is 14.2. The fourth-order valence-electron chi connectivity index (χ4n) is 3.27. The van der Waals surface area contributed by atoms with Crippen LogP contribution in [0.4, 0.5) is 11.6 Å². The van der Waals surface area contributed by atoms with Gasteiger partial charge in [0.2, 0.25) is 5.95 Å². The lowest BCUT2D eigenvalue weighted by molar-refractivity contribution is 0.0858. The van der Waals surface area contributed by atoms with Crippen molar-refractivity contribution in [1.29, 1.82) is 0 Å². The first kappa shape index (κ1) is 19.1. The van der Waals surface area contributed by atoms with Crippen molar-refractivity contribution in [1.82, 2.24) is 15.3 Å². The van der Waals surface area contributed by atoms with Gasteiger partial charge in [-0.1, -0.05) is 35.9 Å². The van der Waals surface area contributed by atoms with Crippen LogP contribution < -0.4 is 10.6 Å². The number of amides is 1. The SMILES string of the molecule is Cc1ccc(-c2cnc(Nc3cccc(C(=O)NC[C@H]4CCCO4)c3)nc2)cc1. The minimum Gasteiger partial charge on any atom is -0.376 e. The number of nitrogens with one attached hydrogen (secondary N) is 2. The Morgan fingerprint density at radius 3 is 2.62 bits per heavy atom. The van der Waals surface area contributed by atoms with Crippen LogP contribution in [0.1, 0.15) is 28.8 Å². The number of carbonyl (C=O) groups is 1. The van der Waals surface area contributed by atoms with Crippen LogP contribution in [0.2, 0.25) is 0 Å². The second kappa shape index (κ2) is 8.84. The molecule has 0 unspecified atom stereocenters. The average Bonchev–Trinajstić information content (AvgIpc) is 3.27. The maximum Gasteiger partial charge on any atom is 0.251 e. The van der Waals surface area contributed by atoms with Gasteiger partial charge in [0, 0.05) is 42.4 Å². The summed E-state index contributed by atoms with van der Waals surface area (Å²) < 4.78 is 5.55. The van der Waals surface area contributed by atoms with Gasteiger partial charge in [-0.3, -0.25) is 4.79 Å². The van der Waals surface area contributed by atoms with E-state index in [1.165, 1.54) is 5.56 Å². The van der Waals surface area contributed by atoms with E-state index in [0.717, 1.165) is 36.3 Å². The largest absolute Gasteiger partial charge is 0.376 e. The van der Waals surface area contributed by atoms with E-state index in [2.05, 4.69) is 51.8 Å². The van der Waals surface area contributed by atoms with E-state index < -0.39 is 0 Å². The third-order valence-electron chi connectivity index (χ3n) is 4.93. The number of aromatic nitrogens is 2. The van der Waals surface area contributed by atoms with Crippen molar-refractivity contribution in [2.45, 2.75) is 25.9 Å². The van der Waals surface area contributed by atoms with Crippen molar-refractivity contribution in [3.8, 4) is 11.1 Å². The van der Waals surface area contributed by atoms with Gasteiger partial charge < -0.3 is 15.4 Å². The van der Waals surface area contributed by atoms with E-state index >= 15 is 0 Å². The molecule has 1 saturated heterocycles. The third-order valence-corrected chi connectivity index (χ3v) is 4.93. The zero-order chi connectivity index (χ0) is 20.1. The molecule has 0 radical (unpaired) electrons. The topological polar surface area (TPSA) is 76.1 Å². The van der Waals surface area contributed by atoms with Crippen molar-refractivity contribution in [3.05, 3.63) is 72.1 Å². The van der Waals surface area contributed by atoms with Gasteiger partial charge in [0.05, 0.1) is 6.10 Å². The molecule has 2 aromatic carbocycles. The molecule has 29 heavy (non-hydrogen) atoms. The molecule has 1 aliphatic heterocycles. The second-order valence-electron chi connectivity index (χ2n) is 7.21. The van der Waals surface area contributed by atoms with Gasteiger partial charge in [0.15, 0.2) is 0 Å². The molecule has 2 heterocycles. The number of ether oxygens (including phenoxy) is 1. The smallest absolute Gasteiger partial charge is 0.251 e. The summed E-state index contributed by atoms with van der Waals surface area (Å²) in [6.45, 7) is 3.38. The minimum atomic E-state index is -0.111. The number of nitrogens with zero attached hydrogens (tertiary/aromatic N) is 2. The van der Waals surface area contributed by atoms with Crippen LogP contribution in [-0.2, 0) is 4.74 Å². The van der Waals surface area contributed by atoms with Gasteiger partial charge in [-0.15, -0.1) is 0 Å². The molecular formula is C23H24N4O2. The average molecular weight is 388 g/mol. The highest BCUT2D eigenvalue weighted by molar-refractivity contribution is 5.95. The standard InChI is InChI=1S/C23H24N4O2/c1-16-7-9-17(10-8-16)19-13-25-23(26-14-19)27-20-5-2-4-18(12-20)22(28)24-15-21-6-3-11-29-21/h2,4-5,7-10,12-14,21H,3,6,11,15H2,1H3,(H,24,28)(H,25,26,27)/t21-/m1/s1. The zero-order valence-corrected chi connectivity index (χ0v) is 16.4. The number of hydrogen-bond acceptors (Lipinski definition) is 5. The summed E-state index contributed by atoms with van der Waals surface area (Å²) in [5.74, 6) is 0.373. The predicted molar refractivity (Wildman–Crippen MR) is 113 cm³/mol. The molecule has 0 aliphatic carbocycles. The Balaban J connectivity index is 1.39. The summed E-state index contributed by atoms with van der Waals surface area (Å²) >= 11 is 0. The number of hydrogen-bond donors (Lipinski definition) is 2. The second-order valence-corrected chi connectivity index (χ2v) is 7.21. The van der Waals surface area contributed by atoms with Crippen LogP contribution in [-0.4, -0.2) is 35.1 Å². The van der Waals surface area contributed by atoms with Crippen molar-refractivity contribution in [3.63, 3.8) is 0 Å². The van der Waals surface area contributed by atoms with Gasteiger partial charge in [0.25, 0.3) is 5.91 Å². The van der Waals surface area contributed by atoms with Crippen molar-refractivity contribution in [2.24, 2.45) is 0 Å². The molecule has 1 amide bonds.